The van der Waals surface area contributed by atoms with Crippen LogP contribution in [0.1, 0.15) is 43.2 Å². The zero-order chi connectivity index (χ0) is 23.0. The molecule has 2 aromatic carbocycles. The molecule has 2 N–H and O–H groups in total. The van der Waals surface area contributed by atoms with Crippen molar-refractivity contribution in [1.29, 1.82) is 0 Å². The third kappa shape index (κ3) is 5.33. The van der Waals surface area contributed by atoms with Gasteiger partial charge in [-0.1, -0.05) is 48.3 Å². The Morgan fingerprint density at radius 3 is 2.26 bits per heavy atom. The lowest BCUT2D eigenvalue weighted by Crippen LogP contribution is -2.34. The van der Waals surface area contributed by atoms with Crippen molar-refractivity contribution in [3.63, 3.8) is 0 Å². The summed E-state index contributed by atoms with van der Waals surface area (Å²) in [6.45, 7) is 0.947. The average molecular weight is 474 g/mol. The molecule has 31 heavy (non-hydrogen) atoms. The first-order valence-electron chi connectivity index (χ1n) is 9.58. The van der Waals surface area contributed by atoms with Crippen LogP contribution in [-0.4, -0.2) is 23.2 Å². The van der Waals surface area contributed by atoms with Crippen LogP contribution < -0.4 is 5.32 Å². The number of carboxylic acid groups (broad SMARTS) is 1. The Morgan fingerprint density at radius 2 is 1.74 bits per heavy atom. The Hall–Kier alpha value is -2.25. The molecule has 166 valence electrons. The molecule has 2 atom stereocenters. The summed E-state index contributed by atoms with van der Waals surface area (Å²) in [6.07, 6.45) is -3.33. The molecule has 0 saturated heterocycles. The van der Waals surface area contributed by atoms with E-state index in [-0.39, 0.29) is 22.7 Å². The normalized spacial score (nSPS) is 17.0. The molecule has 1 fully saturated rings. The molecule has 0 radical (unpaired) electrons. The minimum atomic E-state index is -4.60. The summed E-state index contributed by atoms with van der Waals surface area (Å²) >= 11 is 12.0. The second-order valence-corrected chi connectivity index (χ2v) is 8.74. The Morgan fingerprint density at radius 1 is 1.13 bits per heavy atom. The van der Waals surface area contributed by atoms with Gasteiger partial charge >= 0.3 is 12.1 Å². The van der Waals surface area contributed by atoms with E-state index in [1.165, 1.54) is 30.3 Å². The van der Waals surface area contributed by atoms with Crippen LogP contribution in [0, 0.1) is 5.92 Å². The zero-order valence-electron chi connectivity index (χ0n) is 16.5. The number of benzene rings is 2. The van der Waals surface area contributed by atoms with E-state index in [1.54, 1.807) is 12.1 Å². The lowest BCUT2D eigenvalue weighted by Gasteiger charge is -2.26. The predicted molar refractivity (Wildman–Crippen MR) is 113 cm³/mol. The fraction of sp³-hybridized carbons (Fsp3) is 0.364. The molecular formula is C22H20Cl2F3NO3. The standard InChI is InChI=1S/C22H20Cl2F3NO3/c1-12(22(25,26)27)19(13-2-5-15(23)6-3-13)20(31)28-17-10-14(4-7-16(17)24)21(8-9-21)11-18(29)30/h2-7,10,12,19H,8-9,11H2,1H3,(H,28,31)(H,29,30). The minimum absolute atomic E-state index is 0.0689. The Balaban J connectivity index is 1.92. The zero-order valence-corrected chi connectivity index (χ0v) is 18.0. The topological polar surface area (TPSA) is 66.4 Å². The number of anilines is 1. The smallest absolute Gasteiger partial charge is 0.392 e. The molecule has 0 aromatic heterocycles. The Kier molecular flexibility index (Phi) is 6.58. The highest BCUT2D eigenvalue weighted by molar-refractivity contribution is 6.33. The first kappa shape index (κ1) is 23.4. The highest BCUT2D eigenvalue weighted by Crippen LogP contribution is 2.52. The quantitative estimate of drug-likeness (QED) is 0.487. The fourth-order valence-electron chi connectivity index (χ4n) is 3.70. The van der Waals surface area contributed by atoms with Crippen molar-refractivity contribution in [3.8, 4) is 0 Å². The Labute approximate surface area is 187 Å². The molecule has 0 heterocycles. The molecular weight excluding hydrogens is 454 g/mol. The second-order valence-electron chi connectivity index (χ2n) is 7.89. The van der Waals surface area contributed by atoms with Crippen LogP contribution in [0.5, 0.6) is 0 Å². The van der Waals surface area contributed by atoms with Crippen molar-refractivity contribution in [2.75, 3.05) is 5.32 Å². The van der Waals surface area contributed by atoms with Gasteiger partial charge in [0.2, 0.25) is 5.91 Å². The minimum Gasteiger partial charge on any atom is -0.481 e. The summed E-state index contributed by atoms with van der Waals surface area (Å²) in [4.78, 5) is 24.2. The molecule has 4 nitrogen and oxygen atoms in total. The van der Waals surface area contributed by atoms with Gasteiger partial charge in [0.05, 0.1) is 29.0 Å². The summed E-state index contributed by atoms with van der Waals surface area (Å²) < 4.78 is 40.5. The number of nitrogens with one attached hydrogen (secondary N) is 1. The maximum absolute atomic E-state index is 13.5. The van der Waals surface area contributed by atoms with Gasteiger partial charge in [-0.25, -0.2) is 0 Å². The van der Waals surface area contributed by atoms with Gasteiger partial charge in [-0.15, -0.1) is 0 Å². The van der Waals surface area contributed by atoms with E-state index in [0.717, 1.165) is 6.92 Å². The van der Waals surface area contributed by atoms with Gasteiger partial charge in [0.25, 0.3) is 0 Å². The molecule has 2 unspecified atom stereocenters. The summed E-state index contributed by atoms with van der Waals surface area (Å²) in [5, 5.41) is 12.2. The molecule has 2 aromatic rings. The van der Waals surface area contributed by atoms with Crippen LogP contribution in [0.2, 0.25) is 10.0 Å². The van der Waals surface area contributed by atoms with Crippen molar-refractivity contribution in [3.05, 3.63) is 63.6 Å². The van der Waals surface area contributed by atoms with Gasteiger partial charge in [-0.05, 0) is 48.2 Å². The van der Waals surface area contributed by atoms with Crippen molar-refractivity contribution in [2.45, 2.75) is 43.7 Å². The van der Waals surface area contributed by atoms with Crippen LogP contribution in [-0.2, 0) is 15.0 Å². The highest BCUT2D eigenvalue weighted by Gasteiger charge is 2.47. The van der Waals surface area contributed by atoms with Crippen LogP contribution in [0.3, 0.4) is 0 Å². The SMILES string of the molecule is CC(C(C(=O)Nc1cc(C2(CC(=O)O)CC2)ccc1Cl)c1ccc(Cl)cc1)C(F)(F)F. The van der Waals surface area contributed by atoms with Gasteiger partial charge < -0.3 is 10.4 Å². The lowest BCUT2D eigenvalue weighted by molar-refractivity contribution is -0.178. The van der Waals surface area contributed by atoms with Crippen LogP contribution >= 0.6 is 23.2 Å². The van der Waals surface area contributed by atoms with E-state index >= 15 is 0 Å². The van der Waals surface area contributed by atoms with Crippen LogP contribution in [0.25, 0.3) is 0 Å². The largest absolute Gasteiger partial charge is 0.481 e. The molecule has 0 bridgehead atoms. The van der Waals surface area contributed by atoms with E-state index < -0.39 is 35.3 Å². The van der Waals surface area contributed by atoms with Crippen LogP contribution in [0.15, 0.2) is 42.5 Å². The van der Waals surface area contributed by atoms with Crippen LogP contribution in [0.4, 0.5) is 18.9 Å². The van der Waals surface area contributed by atoms with Gasteiger partial charge in [0.15, 0.2) is 0 Å². The number of carbonyl (C=O) groups is 2. The number of carbonyl (C=O) groups excluding carboxylic acids is 1. The highest BCUT2D eigenvalue weighted by atomic mass is 35.5. The molecule has 1 amide bonds. The fourth-order valence-corrected chi connectivity index (χ4v) is 3.99. The summed E-state index contributed by atoms with van der Waals surface area (Å²) in [6, 6.07) is 10.4. The number of carboxylic acids is 1. The molecule has 1 saturated carbocycles. The van der Waals surface area contributed by atoms with Gasteiger partial charge in [-0.3, -0.25) is 9.59 Å². The molecule has 3 rings (SSSR count). The number of amides is 1. The first-order chi connectivity index (χ1) is 14.4. The average Bonchev–Trinajstić information content (AvgIpc) is 3.44. The van der Waals surface area contributed by atoms with Gasteiger partial charge in [-0.2, -0.15) is 13.2 Å². The maximum Gasteiger partial charge on any atom is 0.392 e. The number of halogens is 5. The summed E-state index contributed by atoms with van der Waals surface area (Å²) in [7, 11) is 0. The van der Waals surface area contributed by atoms with E-state index in [4.69, 9.17) is 28.3 Å². The second kappa shape index (κ2) is 8.71. The lowest BCUT2D eigenvalue weighted by atomic mass is 9.85. The third-order valence-electron chi connectivity index (χ3n) is 5.71. The molecule has 0 aliphatic heterocycles. The van der Waals surface area contributed by atoms with E-state index in [9.17, 15) is 22.8 Å². The van der Waals surface area contributed by atoms with Crippen molar-refractivity contribution in [1.82, 2.24) is 0 Å². The maximum atomic E-state index is 13.5. The van der Waals surface area contributed by atoms with E-state index in [0.29, 0.717) is 23.4 Å². The Bertz CT molecular complexity index is 988. The summed E-state index contributed by atoms with van der Waals surface area (Å²) in [5.74, 6) is -5.29. The monoisotopic (exact) mass is 473 g/mol. The van der Waals surface area contributed by atoms with Crippen molar-refractivity contribution in [2.24, 2.45) is 5.92 Å². The summed E-state index contributed by atoms with van der Waals surface area (Å²) in [5.41, 5.74) is 0.462. The van der Waals surface area contributed by atoms with Gasteiger partial charge in [0, 0.05) is 10.4 Å². The molecule has 1 aliphatic rings. The van der Waals surface area contributed by atoms with E-state index in [2.05, 4.69) is 5.32 Å². The number of alkyl halides is 3. The number of hydrogen-bond acceptors (Lipinski definition) is 2. The predicted octanol–water partition coefficient (Wildman–Crippen LogP) is 6.42. The van der Waals surface area contributed by atoms with Crippen molar-refractivity contribution >= 4 is 40.8 Å². The number of hydrogen-bond donors (Lipinski definition) is 2. The number of rotatable bonds is 7. The number of aliphatic carboxylic acids is 1. The molecule has 0 spiro atoms. The van der Waals surface area contributed by atoms with Crippen molar-refractivity contribution < 1.29 is 27.9 Å². The van der Waals surface area contributed by atoms with Gasteiger partial charge in [0.1, 0.15) is 0 Å². The molecule has 1 aliphatic carbocycles. The third-order valence-corrected chi connectivity index (χ3v) is 6.29. The molecule has 9 heteroatoms. The van der Waals surface area contributed by atoms with E-state index in [1.807, 2.05) is 0 Å². The first-order valence-corrected chi connectivity index (χ1v) is 10.3.